The lowest BCUT2D eigenvalue weighted by Gasteiger charge is -2.56. The largest absolute Gasteiger partial charge is 0.278 e. The predicted octanol–water partition coefficient (Wildman–Crippen LogP) is 3.97. The Morgan fingerprint density at radius 2 is 1.72 bits per heavy atom. The summed E-state index contributed by atoms with van der Waals surface area (Å²) in [6, 6.07) is 1.28. The Hall–Kier alpha value is -0.340. The second-order valence-electron chi connectivity index (χ2n) is 7.94. The van der Waals surface area contributed by atoms with E-state index in [9.17, 15) is 13.2 Å². The molecule has 4 bridgehead atoms. The molecule has 5 nitrogen and oxygen atoms in total. The van der Waals surface area contributed by atoms with Crippen LogP contribution in [0.2, 0.25) is 8.67 Å². The zero-order valence-corrected chi connectivity index (χ0v) is 16.7. The molecule has 4 aliphatic carbocycles. The first-order chi connectivity index (χ1) is 11.7. The van der Waals surface area contributed by atoms with Crippen LogP contribution in [0.4, 0.5) is 0 Å². The topological polar surface area (TPSA) is 75.3 Å². The van der Waals surface area contributed by atoms with Crippen LogP contribution in [-0.2, 0) is 14.8 Å². The van der Waals surface area contributed by atoms with Crippen molar-refractivity contribution in [3.05, 3.63) is 14.7 Å². The van der Waals surface area contributed by atoms with Crippen molar-refractivity contribution >= 4 is 50.5 Å². The van der Waals surface area contributed by atoms with Crippen LogP contribution in [0.15, 0.2) is 11.0 Å². The van der Waals surface area contributed by atoms with Crippen LogP contribution in [0, 0.1) is 23.2 Å². The molecule has 4 aliphatic rings. The van der Waals surface area contributed by atoms with Crippen LogP contribution in [-0.4, -0.2) is 14.3 Å². The molecule has 0 aliphatic heterocycles. The number of hydrogen-bond acceptors (Lipinski definition) is 4. The van der Waals surface area contributed by atoms with Crippen LogP contribution < -0.4 is 10.3 Å². The molecule has 0 radical (unpaired) electrons. The highest BCUT2D eigenvalue weighted by molar-refractivity contribution is 7.89. The lowest BCUT2D eigenvalue weighted by atomic mass is 9.49. The molecular formula is C16H20Cl2N2O3S2. The Kier molecular flexibility index (Phi) is 4.60. The number of hydrogen-bond donors (Lipinski definition) is 2. The summed E-state index contributed by atoms with van der Waals surface area (Å²) in [5, 5.41) is 0. The summed E-state index contributed by atoms with van der Waals surface area (Å²) in [5.41, 5.74) is 2.42. The zero-order chi connectivity index (χ0) is 17.8. The molecular weight excluding hydrogens is 403 g/mol. The van der Waals surface area contributed by atoms with Crippen molar-refractivity contribution in [2.45, 2.75) is 49.8 Å². The molecule has 0 atom stereocenters. The number of sulfonamides is 1. The van der Waals surface area contributed by atoms with E-state index in [1.165, 1.54) is 25.3 Å². The van der Waals surface area contributed by atoms with Crippen molar-refractivity contribution in [1.82, 2.24) is 10.3 Å². The fourth-order valence-electron chi connectivity index (χ4n) is 5.58. The third-order valence-electron chi connectivity index (χ3n) is 5.94. The van der Waals surface area contributed by atoms with Gasteiger partial charge in [0.05, 0.1) is 4.34 Å². The molecule has 4 saturated carbocycles. The zero-order valence-electron chi connectivity index (χ0n) is 13.6. The van der Waals surface area contributed by atoms with Gasteiger partial charge in [0.15, 0.2) is 0 Å². The molecule has 1 aromatic heterocycles. The minimum absolute atomic E-state index is 0.0631. The van der Waals surface area contributed by atoms with Gasteiger partial charge in [-0.05, 0) is 67.8 Å². The monoisotopic (exact) mass is 422 g/mol. The second kappa shape index (κ2) is 6.37. The maximum absolute atomic E-state index is 12.4. The number of carbonyl (C=O) groups excluding carboxylic acids is 1. The molecule has 138 valence electrons. The van der Waals surface area contributed by atoms with E-state index in [1.54, 1.807) is 0 Å². The van der Waals surface area contributed by atoms with E-state index in [0.717, 1.165) is 48.4 Å². The highest BCUT2D eigenvalue weighted by Crippen LogP contribution is 2.61. The Balaban J connectivity index is 1.39. The summed E-state index contributed by atoms with van der Waals surface area (Å²) in [4.78, 5) is 14.4. The van der Waals surface area contributed by atoms with Gasteiger partial charge in [0.2, 0.25) is 5.91 Å². The minimum atomic E-state index is -3.92. The fourth-order valence-corrected chi connectivity index (χ4v) is 8.59. The highest BCUT2D eigenvalue weighted by atomic mass is 35.5. The SMILES string of the molecule is O=C(CC12CC3CC(CC(C3)C1)C2)NNS(=O)(=O)c1cc(Cl)sc1Cl. The molecule has 0 aromatic carbocycles. The normalized spacial score (nSPS) is 33.6. The van der Waals surface area contributed by atoms with Crippen LogP contribution in [0.1, 0.15) is 44.9 Å². The maximum Gasteiger partial charge on any atom is 0.259 e. The van der Waals surface area contributed by atoms with Crippen molar-refractivity contribution in [2.75, 3.05) is 0 Å². The molecule has 1 amide bonds. The van der Waals surface area contributed by atoms with E-state index in [4.69, 9.17) is 23.2 Å². The molecule has 0 spiro atoms. The minimum Gasteiger partial charge on any atom is -0.278 e. The van der Waals surface area contributed by atoms with Crippen LogP contribution in [0.25, 0.3) is 0 Å². The standard InChI is InChI=1S/C16H20Cl2N2O3S2/c17-13-4-12(15(18)24-13)25(22,23)20-19-14(21)8-16-5-9-1-10(6-16)3-11(2-9)7-16/h4,9-11,20H,1-3,5-8H2,(H,19,21). The van der Waals surface area contributed by atoms with E-state index in [-0.39, 0.29) is 24.9 Å². The van der Waals surface area contributed by atoms with Crippen molar-refractivity contribution in [1.29, 1.82) is 0 Å². The third-order valence-corrected chi connectivity index (χ3v) is 8.94. The molecule has 9 heteroatoms. The average Bonchev–Trinajstić information content (AvgIpc) is 2.83. The molecule has 25 heavy (non-hydrogen) atoms. The van der Waals surface area contributed by atoms with Gasteiger partial charge in [-0.2, -0.15) is 0 Å². The van der Waals surface area contributed by atoms with Crippen molar-refractivity contribution in [3.8, 4) is 0 Å². The van der Waals surface area contributed by atoms with Gasteiger partial charge in [0.25, 0.3) is 10.0 Å². The van der Waals surface area contributed by atoms with Gasteiger partial charge in [0, 0.05) is 6.42 Å². The van der Waals surface area contributed by atoms with Crippen molar-refractivity contribution in [2.24, 2.45) is 23.2 Å². The molecule has 0 unspecified atom stereocenters. The van der Waals surface area contributed by atoms with Gasteiger partial charge in [-0.3, -0.25) is 10.2 Å². The Morgan fingerprint density at radius 3 is 2.20 bits per heavy atom. The predicted molar refractivity (Wildman–Crippen MR) is 98.0 cm³/mol. The summed E-state index contributed by atoms with van der Waals surface area (Å²) in [5.74, 6) is 1.98. The number of halogens is 2. The van der Waals surface area contributed by atoms with E-state index in [2.05, 4.69) is 10.3 Å². The summed E-state index contributed by atoms with van der Waals surface area (Å²) in [7, 11) is -3.92. The Bertz CT molecular complexity index is 771. The van der Waals surface area contributed by atoms with Crippen LogP contribution in [0.5, 0.6) is 0 Å². The number of rotatable bonds is 5. The molecule has 1 aromatic rings. The first-order valence-electron chi connectivity index (χ1n) is 8.50. The molecule has 2 N–H and O–H groups in total. The van der Waals surface area contributed by atoms with E-state index >= 15 is 0 Å². The maximum atomic E-state index is 12.4. The summed E-state index contributed by atoms with van der Waals surface area (Å²) < 4.78 is 24.9. The van der Waals surface area contributed by atoms with Gasteiger partial charge in [-0.1, -0.05) is 23.2 Å². The summed E-state index contributed by atoms with van der Waals surface area (Å²) >= 11 is 12.7. The molecule has 0 saturated heterocycles. The number of hydrazine groups is 1. The summed E-state index contributed by atoms with van der Waals surface area (Å²) in [6.07, 6.45) is 7.62. The Labute approximate surface area is 161 Å². The van der Waals surface area contributed by atoms with Crippen LogP contribution in [0.3, 0.4) is 0 Å². The second-order valence-corrected chi connectivity index (χ2v) is 11.9. The van der Waals surface area contributed by atoms with Crippen molar-refractivity contribution < 1.29 is 13.2 Å². The van der Waals surface area contributed by atoms with E-state index < -0.39 is 10.0 Å². The lowest BCUT2D eigenvalue weighted by molar-refractivity contribution is -0.129. The molecule has 5 rings (SSSR count). The number of carbonyl (C=O) groups is 1. The third kappa shape index (κ3) is 3.58. The number of thiophene rings is 1. The van der Waals surface area contributed by atoms with Gasteiger partial charge in [-0.25, -0.2) is 8.42 Å². The van der Waals surface area contributed by atoms with Gasteiger partial charge in [0.1, 0.15) is 9.23 Å². The molecule has 1 heterocycles. The first kappa shape index (κ1) is 18.0. The lowest BCUT2D eigenvalue weighted by Crippen LogP contribution is -2.50. The average molecular weight is 423 g/mol. The number of nitrogens with one attached hydrogen (secondary N) is 2. The molecule has 4 fully saturated rings. The smallest absolute Gasteiger partial charge is 0.259 e. The highest BCUT2D eigenvalue weighted by Gasteiger charge is 2.51. The Morgan fingerprint density at radius 1 is 1.16 bits per heavy atom. The first-order valence-corrected chi connectivity index (χ1v) is 11.6. The summed E-state index contributed by atoms with van der Waals surface area (Å²) in [6.45, 7) is 0. The number of amides is 1. The quantitative estimate of drug-likeness (QED) is 0.704. The van der Waals surface area contributed by atoms with E-state index in [1.807, 2.05) is 0 Å². The van der Waals surface area contributed by atoms with Gasteiger partial charge >= 0.3 is 0 Å². The van der Waals surface area contributed by atoms with Crippen molar-refractivity contribution in [3.63, 3.8) is 0 Å². The van der Waals surface area contributed by atoms with E-state index in [0.29, 0.717) is 6.42 Å². The fraction of sp³-hybridized carbons (Fsp3) is 0.688. The van der Waals surface area contributed by atoms with Gasteiger partial charge in [-0.15, -0.1) is 16.2 Å². The van der Waals surface area contributed by atoms with Crippen LogP contribution >= 0.6 is 34.5 Å². The van der Waals surface area contributed by atoms with Gasteiger partial charge < -0.3 is 0 Å².